The van der Waals surface area contributed by atoms with Crippen molar-refractivity contribution in [3.8, 4) is 0 Å². The van der Waals surface area contributed by atoms with Crippen LogP contribution in [0, 0.1) is 0 Å². The lowest BCUT2D eigenvalue weighted by atomic mass is 10.6. The Labute approximate surface area is 91.1 Å². The van der Waals surface area contributed by atoms with Crippen LogP contribution in [-0.2, 0) is 4.74 Å². The zero-order chi connectivity index (χ0) is 10.6. The molecule has 0 saturated carbocycles. The summed E-state index contributed by atoms with van der Waals surface area (Å²) in [5.41, 5.74) is 0. The summed E-state index contributed by atoms with van der Waals surface area (Å²) in [7, 11) is 0. The third-order valence-corrected chi connectivity index (χ3v) is 3.18. The standard InChI is InChI=1S/C8H12N2O2S2/c1-4-12-7(11)6-9-10-8(14-6)13-5(2)3/h5H,4H2,1-3H3. The van der Waals surface area contributed by atoms with Gasteiger partial charge in [-0.3, -0.25) is 0 Å². The molecule has 78 valence electrons. The van der Waals surface area contributed by atoms with E-state index >= 15 is 0 Å². The fraction of sp³-hybridized carbons (Fsp3) is 0.625. The van der Waals surface area contributed by atoms with Gasteiger partial charge < -0.3 is 4.74 Å². The molecule has 14 heavy (non-hydrogen) atoms. The van der Waals surface area contributed by atoms with Crippen molar-refractivity contribution in [3.63, 3.8) is 0 Å². The molecule has 0 aliphatic rings. The van der Waals surface area contributed by atoms with Crippen LogP contribution in [0.4, 0.5) is 0 Å². The number of hydrogen-bond acceptors (Lipinski definition) is 6. The molecule has 0 radical (unpaired) electrons. The summed E-state index contributed by atoms with van der Waals surface area (Å²) in [5, 5.41) is 8.42. The lowest BCUT2D eigenvalue weighted by Gasteiger charge is -1.97. The summed E-state index contributed by atoms with van der Waals surface area (Å²) in [4.78, 5) is 11.2. The quantitative estimate of drug-likeness (QED) is 0.588. The van der Waals surface area contributed by atoms with Crippen molar-refractivity contribution >= 4 is 29.1 Å². The molecule has 0 N–H and O–H groups in total. The van der Waals surface area contributed by atoms with Crippen LogP contribution in [0.3, 0.4) is 0 Å². The lowest BCUT2D eigenvalue weighted by molar-refractivity contribution is 0.0525. The fourth-order valence-electron chi connectivity index (χ4n) is 0.734. The van der Waals surface area contributed by atoms with Gasteiger partial charge in [0, 0.05) is 5.25 Å². The van der Waals surface area contributed by atoms with E-state index < -0.39 is 0 Å². The second kappa shape index (κ2) is 5.31. The summed E-state index contributed by atoms with van der Waals surface area (Å²) in [5.74, 6) is -0.388. The van der Waals surface area contributed by atoms with Gasteiger partial charge in [0.2, 0.25) is 5.01 Å². The average molecular weight is 232 g/mol. The summed E-state index contributed by atoms with van der Waals surface area (Å²) >= 11 is 2.87. The van der Waals surface area contributed by atoms with Crippen molar-refractivity contribution < 1.29 is 9.53 Å². The Morgan fingerprint density at radius 1 is 1.57 bits per heavy atom. The van der Waals surface area contributed by atoms with E-state index in [0.29, 0.717) is 16.9 Å². The molecule has 0 saturated heterocycles. The maximum Gasteiger partial charge on any atom is 0.369 e. The molecule has 0 aliphatic heterocycles. The predicted molar refractivity (Wildman–Crippen MR) is 56.9 cm³/mol. The number of hydrogen-bond donors (Lipinski definition) is 0. The highest BCUT2D eigenvalue weighted by atomic mass is 32.2. The van der Waals surface area contributed by atoms with Crippen LogP contribution in [-0.4, -0.2) is 28.0 Å². The number of esters is 1. The maximum atomic E-state index is 11.2. The molecule has 0 bridgehead atoms. The highest BCUT2D eigenvalue weighted by Crippen LogP contribution is 2.26. The van der Waals surface area contributed by atoms with Gasteiger partial charge in [-0.15, -0.1) is 10.2 Å². The smallest absolute Gasteiger partial charge is 0.369 e. The van der Waals surface area contributed by atoms with Crippen LogP contribution in [0.5, 0.6) is 0 Å². The average Bonchev–Trinajstić information content (AvgIpc) is 2.52. The largest absolute Gasteiger partial charge is 0.461 e. The zero-order valence-electron chi connectivity index (χ0n) is 8.31. The molecule has 4 nitrogen and oxygen atoms in total. The van der Waals surface area contributed by atoms with E-state index in [1.807, 2.05) is 0 Å². The molecular weight excluding hydrogens is 220 g/mol. The van der Waals surface area contributed by atoms with Gasteiger partial charge >= 0.3 is 5.97 Å². The summed E-state index contributed by atoms with van der Waals surface area (Å²) in [6.45, 7) is 6.26. The van der Waals surface area contributed by atoms with Gasteiger partial charge in [-0.05, 0) is 6.92 Å². The first-order valence-corrected chi connectivity index (χ1v) is 6.00. The molecule has 1 heterocycles. The molecule has 0 fully saturated rings. The highest BCUT2D eigenvalue weighted by Gasteiger charge is 2.14. The number of ether oxygens (including phenoxy) is 1. The minimum absolute atomic E-state index is 0.329. The van der Waals surface area contributed by atoms with Crippen LogP contribution in [0.25, 0.3) is 0 Å². The number of rotatable bonds is 4. The van der Waals surface area contributed by atoms with Gasteiger partial charge in [-0.2, -0.15) is 0 Å². The van der Waals surface area contributed by atoms with Crippen molar-refractivity contribution in [2.45, 2.75) is 30.4 Å². The zero-order valence-corrected chi connectivity index (χ0v) is 9.94. The van der Waals surface area contributed by atoms with E-state index in [0.717, 1.165) is 4.34 Å². The fourth-order valence-corrected chi connectivity index (χ4v) is 2.70. The number of nitrogens with zero attached hydrogens (tertiary/aromatic N) is 2. The molecule has 1 rings (SSSR count). The molecular formula is C8H12N2O2S2. The van der Waals surface area contributed by atoms with E-state index in [2.05, 4.69) is 24.0 Å². The molecule has 6 heteroatoms. The first-order chi connectivity index (χ1) is 6.63. The molecule has 0 spiro atoms. The third kappa shape index (κ3) is 3.26. The molecule has 0 aromatic carbocycles. The highest BCUT2D eigenvalue weighted by molar-refractivity contribution is 8.01. The van der Waals surface area contributed by atoms with Gasteiger partial charge in [-0.25, -0.2) is 4.79 Å². The van der Waals surface area contributed by atoms with E-state index in [-0.39, 0.29) is 5.97 Å². The van der Waals surface area contributed by atoms with E-state index in [9.17, 15) is 4.79 Å². The van der Waals surface area contributed by atoms with Gasteiger partial charge in [0.05, 0.1) is 6.61 Å². The van der Waals surface area contributed by atoms with Crippen LogP contribution >= 0.6 is 23.1 Å². The van der Waals surface area contributed by atoms with Crippen molar-refractivity contribution in [1.82, 2.24) is 10.2 Å². The number of carbonyl (C=O) groups is 1. The maximum absolute atomic E-state index is 11.2. The Hall–Kier alpha value is -0.620. The summed E-state index contributed by atoms with van der Waals surface area (Å²) in [6.07, 6.45) is 0. The SMILES string of the molecule is CCOC(=O)c1nnc(SC(C)C)s1. The number of carbonyl (C=O) groups excluding carboxylic acids is 1. The van der Waals surface area contributed by atoms with Crippen molar-refractivity contribution in [3.05, 3.63) is 5.01 Å². The van der Waals surface area contributed by atoms with Crippen LogP contribution in [0.2, 0.25) is 0 Å². The first kappa shape index (κ1) is 11.5. The summed E-state index contributed by atoms with van der Waals surface area (Å²) in [6, 6.07) is 0. The summed E-state index contributed by atoms with van der Waals surface area (Å²) < 4.78 is 5.61. The topological polar surface area (TPSA) is 52.1 Å². The van der Waals surface area contributed by atoms with Crippen LogP contribution < -0.4 is 0 Å². The van der Waals surface area contributed by atoms with Gasteiger partial charge in [0.25, 0.3) is 0 Å². The number of aromatic nitrogens is 2. The molecule has 0 amide bonds. The molecule has 0 atom stereocenters. The third-order valence-electron chi connectivity index (χ3n) is 1.19. The van der Waals surface area contributed by atoms with Crippen LogP contribution in [0.1, 0.15) is 30.6 Å². The Morgan fingerprint density at radius 3 is 2.86 bits per heavy atom. The predicted octanol–water partition coefficient (Wildman–Crippen LogP) is 2.22. The van der Waals surface area contributed by atoms with Crippen molar-refractivity contribution in [2.75, 3.05) is 6.61 Å². The van der Waals surface area contributed by atoms with Gasteiger partial charge in [0.15, 0.2) is 4.34 Å². The van der Waals surface area contributed by atoms with E-state index in [1.54, 1.807) is 18.7 Å². The Kier molecular flexibility index (Phi) is 4.34. The van der Waals surface area contributed by atoms with Crippen LogP contribution in [0.15, 0.2) is 4.34 Å². The number of thioether (sulfide) groups is 1. The van der Waals surface area contributed by atoms with E-state index in [4.69, 9.17) is 4.74 Å². The second-order valence-electron chi connectivity index (χ2n) is 2.76. The molecule has 0 aliphatic carbocycles. The Bertz CT molecular complexity index is 312. The monoisotopic (exact) mass is 232 g/mol. The van der Waals surface area contributed by atoms with E-state index in [1.165, 1.54) is 11.3 Å². The van der Waals surface area contributed by atoms with Crippen molar-refractivity contribution in [1.29, 1.82) is 0 Å². The van der Waals surface area contributed by atoms with Gasteiger partial charge in [-0.1, -0.05) is 36.9 Å². The molecule has 1 aromatic rings. The molecule has 0 unspecified atom stereocenters. The van der Waals surface area contributed by atoms with Crippen molar-refractivity contribution in [2.24, 2.45) is 0 Å². The lowest BCUT2D eigenvalue weighted by Crippen LogP contribution is -2.03. The Balaban J connectivity index is 2.63. The minimum atomic E-state index is -0.388. The first-order valence-electron chi connectivity index (χ1n) is 4.30. The second-order valence-corrected chi connectivity index (χ2v) is 5.56. The normalized spacial score (nSPS) is 10.6. The van der Waals surface area contributed by atoms with Gasteiger partial charge in [0.1, 0.15) is 0 Å². The Morgan fingerprint density at radius 2 is 2.29 bits per heavy atom. The molecule has 1 aromatic heterocycles. The minimum Gasteiger partial charge on any atom is -0.461 e.